The van der Waals surface area contributed by atoms with Crippen LogP contribution >= 0.6 is 27.3 Å². The summed E-state index contributed by atoms with van der Waals surface area (Å²) in [6.07, 6.45) is 3.31. The predicted octanol–water partition coefficient (Wildman–Crippen LogP) is 3.80. The fourth-order valence-corrected chi connectivity index (χ4v) is 5.15. The van der Waals surface area contributed by atoms with Gasteiger partial charge in [0.25, 0.3) is 10.0 Å². The van der Waals surface area contributed by atoms with Gasteiger partial charge in [-0.2, -0.15) is 4.31 Å². The maximum absolute atomic E-state index is 13.1. The van der Waals surface area contributed by atoms with Crippen molar-refractivity contribution in [2.45, 2.75) is 11.6 Å². The molecule has 0 amide bonds. The molecule has 3 rings (SSSR count). The zero-order valence-electron chi connectivity index (χ0n) is 14.6. The summed E-state index contributed by atoms with van der Waals surface area (Å²) >= 11 is 4.70. The van der Waals surface area contributed by atoms with Crippen LogP contribution in [0, 0.1) is 0 Å². The van der Waals surface area contributed by atoms with E-state index in [-0.39, 0.29) is 18.1 Å². The summed E-state index contributed by atoms with van der Waals surface area (Å²) in [7, 11) is -2.21. The van der Waals surface area contributed by atoms with E-state index in [0.717, 1.165) is 15.6 Å². The zero-order valence-corrected chi connectivity index (χ0v) is 17.8. The first-order chi connectivity index (χ1) is 13.0. The number of benzene rings is 1. The van der Waals surface area contributed by atoms with Gasteiger partial charge in [-0.3, -0.25) is 4.98 Å². The van der Waals surface area contributed by atoms with Crippen LogP contribution in [0.3, 0.4) is 0 Å². The number of methoxy groups -OCH3 is 1. The number of sulfonamides is 1. The van der Waals surface area contributed by atoms with E-state index in [1.165, 1.54) is 15.6 Å². The number of nitrogens with zero attached hydrogens (tertiary/aromatic N) is 3. The molecule has 0 radical (unpaired) electrons. The molecule has 0 saturated carbocycles. The lowest BCUT2D eigenvalue weighted by atomic mass is 10.2. The third-order valence-corrected chi connectivity index (χ3v) is 7.10. The molecule has 142 valence electrons. The Hall–Kier alpha value is -1.65. The molecule has 2 aromatic heterocycles. The summed E-state index contributed by atoms with van der Waals surface area (Å²) in [6, 6.07) is 11.2. The van der Waals surface area contributed by atoms with Crippen molar-refractivity contribution in [1.82, 2.24) is 14.3 Å². The van der Waals surface area contributed by atoms with Crippen LogP contribution in [0.25, 0.3) is 10.6 Å². The first kappa shape index (κ1) is 20.1. The first-order valence-corrected chi connectivity index (χ1v) is 11.2. The fraction of sp³-hybridized carbons (Fsp3) is 0.222. The van der Waals surface area contributed by atoms with Gasteiger partial charge in [-0.05, 0) is 23.8 Å². The zero-order chi connectivity index (χ0) is 19.3. The third-order valence-electron chi connectivity index (χ3n) is 3.81. The van der Waals surface area contributed by atoms with E-state index in [4.69, 9.17) is 4.74 Å². The first-order valence-electron chi connectivity index (χ1n) is 8.10. The summed E-state index contributed by atoms with van der Waals surface area (Å²) in [5.41, 5.74) is 1.68. The van der Waals surface area contributed by atoms with Crippen molar-refractivity contribution in [1.29, 1.82) is 0 Å². The van der Waals surface area contributed by atoms with Gasteiger partial charge in [0, 0.05) is 48.0 Å². The molecule has 1 aromatic carbocycles. The maximum atomic E-state index is 13.1. The minimum absolute atomic E-state index is 0.0467. The normalized spacial score (nSPS) is 11.8. The predicted molar refractivity (Wildman–Crippen MR) is 109 cm³/mol. The second kappa shape index (κ2) is 9.03. The Bertz CT molecular complexity index is 977. The largest absolute Gasteiger partial charge is 0.383 e. The Balaban J connectivity index is 1.88. The summed E-state index contributed by atoms with van der Waals surface area (Å²) in [6.45, 7) is 0.743. The second-order valence-electron chi connectivity index (χ2n) is 5.69. The van der Waals surface area contributed by atoms with Crippen LogP contribution in [0.1, 0.15) is 5.56 Å². The average molecular weight is 468 g/mol. The van der Waals surface area contributed by atoms with Crippen LogP contribution < -0.4 is 0 Å². The SMILES string of the molecule is COCCN(Cc1cccnc1)S(=O)(=O)c1csc(-c2ccc(Br)cc2)n1. The van der Waals surface area contributed by atoms with E-state index in [1.54, 1.807) is 30.9 Å². The molecule has 0 aliphatic rings. The molecule has 0 aliphatic heterocycles. The van der Waals surface area contributed by atoms with Gasteiger partial charge in [-0.1, -0.05) is 34.1 Å². The lowest BCUT2D eigenvalue weighted by Crippen LogP contribution is -2.33. The highest BCUT2D eigenvalue weighted by Gasteiger charge is 2.27. The number of thiazole rings is 1. The lowest BCUT2D eigenvalue weighted by molar-refractivity contribution is 0.177. The van der Waals surface area contributed by atoms with Crippen molar-refractivity contribution in [2.24, 2.45) is 0 Å². The van der Waals surface area contributed by atoms with E-state index in [2.05, 4.69) is 25.9 Å². The molecule has 9 heteroatoms. The van der Waals surface area contributed by atoms with Gasteiger partial charge >= 0.3 is 0 Å². The van der Waals surface area contributed by atoms with E-state index in [1.807, 2.05) is 30.3 Å². The van der Waals surface area contributed by atoms with Crippen molar-refractivity contribution >= 4 is 37.3 Å². The molecule has 0 unspecified atom stereocenters. The van der Waals surface area contributed by atoms with Crippen LogP contribution in [0.2, 0.25) is 0 Å². The highest BCUT2D eigenvalue weighted by atomic mass is 79.9. The number of aromatic nitrogens is 2. The van der Waals surface area contributed by atoms with Gasteiger partial charge in [0.1, 0.15) is 5.01 Å². The number of pyridine rings is 1. The average Bonchev–Trinajstić information content (AvgIpc) is 3.17. The van der Waals surface area contributed by atoms with E-state index < -0.39 is 10.0 Å². The number of rotatable bonds is 8. The summed E-state index contributed by atoms with van der Waals surface area (Å²) in [5.74, 6) is 0. The molecular formula is C18H18BrN3O3S2. The minimum Gasteiger partial charge on any atom is -0.383 e. The summed E-state index contributed by atoms with van der Waals surface area (Å²) in [4.78, 5) is 8.42. The summed E-state index contributed by atoms with van der Waals surface area (Å²) < 4.78 is 33.7. The molecule has 0 aliphatic carbocycles. The molecule has 0 N–H and O–H groups in total. The molecule has 0 fully saturated rings. The Morgan fingerprint density at radius 3 is 2.67 bits per heavy atom. The van der Waals surface area contributed by atoms with Crippen LogP contribution in [0.4, 0.5) is 0 Å². The molecule has 0 saturated heterocycles. The Kier molecular flexibility index (Phi) is 6.72. The van der Waals surface area contributed by atoms with Crippen molar-refractivity contribution in [3.8, 4) is 10.6 Å². The maximum Gasteiger partial charge on any atom is 0.261 e. The number of hydrogen-bond donors (Lipinski definition) is 0. The lowest BCUT2D eigenvalue weighted by Gasteiger charge is -2.20. The van der Waals surface area contributed by atoms with Crippen molar-refractivity contribution in [3.63, 3.8) is 0 Å². The molecule has 0 atom stereocenters. The molecular weight excluding hydrogens is 450 g/mol. The highest BCUT2D eigenvalue weighted by molar-refractivity contribution is 9.10. The van der Waals surface area contributed by atoms with Crippen molar-refractivity contribution in [3.05, 3.63) is 64.2 Å². The van der Waals surface area contributed by atoms with Crippen molar-refractivity contribution in [2.75, 3.05) is 20.3 Å². The topological polar surface area (TPSA) is 72.4 Å². The van der Waals surface area contributed by atoms with E-state index in [9.17, 15) is 8.42 Å². The molecule has 0 spiro atoms. The van der Waals surface area contributed by atoms with E-state index >= 15 is 0 Å². The van der Waals surface area contributed by atoms with Crippen LogP contribution in [-0.4, -0.2) is 43.0 Å². The van der Waals surface area contributed by atoms with Crippen LogP contribution in [-0.2, 0) is 21.3 Å². The molecule has 6 nitrogen and oxygen atoms in total. The molecule has 2 heterocycles. The molecule has 27 heavy (non-hydrogen) atoms. The van der Waals surface area contributed by atoms with E-state index in [0.29, 0.717) is 11.6 Å². The Labute approximate surface area is 171 Å². The number of halogens is 1. The Morgan fingerprint density at radius 2 is 2.00 bits per heavy atom. The standard InChI is InChI=1S/C18H18BrN3O3S2/c1-25-10-9-22(12-14-3-2-8-20-11-14)27(23,24)17-13-26-18(21-17)15-4-6-16(19)7-5-15/h2-8,11,13H,9-10,12H2,1H3. The van der Waals surface area contributed by atoms with Crippen LogP contribution in [0.15, 0.2) is 63.7 Å². The van der Waals surface area contributed by atoms with Crippen LogP contribution in [0.5, 0.6) is 0 Å². The van der Waals surface area contributed by atoms with Gasteiger partial charge in [0.05, 0.1) is 6.61 Å². The quantitative estimate of drug-likeness (QED) is 0.503. The minimum atomic E-state index is -3.75. The van der Waals surface area contributed by atoms with Gasteiger partial charge in [0.15, 0.2) is 5.03 Å². The molecule has 0 bridgehead atoms. The van der Waals surface area contributed by atoms with Gasteiger partial charge < -0.3 is 4.74 Å². The monoisotopic (exact) mass is 467 g/mol. The fourth-order valence-electron chi connectivity index (χ4n) is 2.41. The van der Waals surface area contributed by atoms with Gasteiger partial charge in [-0.15, -0.1) is 11.3 Å². The highest BCUT2D eigenvalue weighted by Crippen LogP contribution is 2.28. The second-order valence-corrected chi connectivity index (χ2v) is 9.35. The smallest absolute Gasteiger partial charge is 0.261 e. The number of ether oxygens (including phenoxy) is 1. The van der Waals surface area contributed by atoms with Gasteiger partial charge in [-0.25, -0.2) is 13.4 Å². The Morgan fingerprint density at radius 1 is 1.22 bits per heavy atom. The summed E-state index contributed by atoms with van der Waals surface area (Å²) in [5, 5.41) is 2.29. The van der Waals surface area contributed by atoms with Crippen molar-refractivity contribution < 1.29 is 13.2 Å². The van der Waals surface area contributed by atoms with Gasteiger partial charge in [0.2, 0.25) is 0 Å². The molecule has 3 aromatic rings. The number of hydrogen-bond acceptors (Lipinski definition) is 6. The third kappa shape index (κ3) is 4.99.